The minimum absolute atomic E-state index is 0.0594. The van der Waals surface area contributed by atoms with Gasteiger partial charge in [0.2, 0.25) is 5.91 Å². The molecule has 6 nitrogen and oxygen atoms in total. The summed E-state index contributed by atoms with van der Waals surface area (Å²) in [7, 11) is 0. The Kier molecular flexibility index (Phi) is 6.72. The molecule has 0 aliphatic rings. The van der Waals surface area contributed by atoms with Crippen molar-refractivity contribution in [1.29, 1.82) is 0 Å². The summed E-state index contributed by atoms with van der Waals surface area (Å²) in [5, 5.41) is 12.2. The summed E-state index contributed by atoms with van der Waals surface area (Å²) in [5.74, 6) is -0.645. The molecule has 0 bridgehead atoms. The van der Waals surface area contributed by atoms with E-state index in [1.807, 2.05) is 12.1 Å². The summed E-state index contributed by atoms with van der Waals surface area (Å²) < 4.78 is 5.71. The van der Waals surface area contributed by atoms with Crippen LogP contribution in [-0.4, -0.2) is 22.0 Å². The van der Waals surface area contributed by atoms with E-state index < -0.39 is 11.4 Å². The number of benzene rings is 1. The number of anilines is 1. The van der Waals surface area contributed by atoms with E-state index in [-0.39, 0.29) is 12.3 Å². The Morgan fingerprint density at radius 3 is 2.58 bits per heavy atom. The van der Waals surface area contributed by atoms with Crippen LogP contribution in [0, 0.1) is 5.41 Å². The van der Waals surface area contributed by atoms with Crippen molar-refractivity contribution in [3.05, 3.63) is 54.4 Å². The summed E-state index contributed by atoms with van der Waals surface area (Å²) >= 11 is 0. The molecule has 138 valence electrons. The number of carboxylic acids is 1. The third kappa shape index (κ3) is 5.05. The molecule has 0 radical (unpaired) electrons. The van der Waals surface area contributed by atoms with Crippen molar-refractivity contribution in [2.24, 2.45) is 5.41 Å². The fourth-order valence-electron chi connectivity index (χ4n) is 2.70. The molecule has 0 aliphatic carbocycles. The molecule has 1 amide bonds. The first-order valence-corrected chi connectivity index (χ1v) is 8.64. The average molecular weight is 356 g/mol. The number of hydrogen-bond donors (Lipinski definition) is 2. The first kappa shape index (κ1) is 19.4. The molecule has 2 aromatic rings. The zero-order valence-electron chi connectivity index (χ0n) is 15.1. The molecule has 0 saturated heterocycles. The number of carbonyl (C=O) groups is 2. The van der Waals surface area contributed by atoms with E-state index >= 15 is 0 Å². The zero-order chi connectivity index (χ0) is 19.0. The molecule has 1 aromatic carbocycles. The maximum atomic E-state index is 12.3. The van der Waals surface area contributed by atoms with Crippen LogP contribution in [0.25, 0.3) is 0 Å². The van der Waals surface area contributed by atoms with Crippen LogP contribution in [0.5, 0.6) is 5.75 Å². The summed E-state index contributed by atoms with van der Waals surface area (Å²) in [6.45, 7) is 3.95. The van der Waals surface area contributed by atoms with E-state index in [1.54, 1.807) is 50.5 Å². The van der Waals surface area contributed by atoms with Crippen molar-refractivity contribution in [1.82, 2.24) is 4.98 Å². The standard InChI is InChI=1S/C20H24N2O4/c1-3-20(4-2,19(24)25)12-18(23)22-16-8-5-9-17(11-16)26-14-15-7-6-10-21-13-15/h5-11,13H,3-4,12,14H2,1-2H3,(H,22,23)(H,24,25). The monoisotopic (exact) mass is 356 g/mol. The van der Waals surface area contributed by atoms with Crippen LogP contribution in [0.2, 0.25) is 0 Å². The fraction of sp³-hybridized carbons (Fsp3) is 0.350. The van der Waals surface area contributed by atoms with E-state index in [4.69, 9.17) is 4.74 Å². The molecule has 0 fully saturated rings. The van der Waals surface area contributed by atoms with E-state index in [0.717, 1.165) is 5.56 Å². The highest BCUT2D eigenvalue weighted by Crippen LogP contribution is 2.31. The lowest BCUT2D eigenvalue weighted by Gasteiger charge is -2.25. The van der Waals surface area contributed by atoms with Gasteiger partial charge in [0, 0.05) is 36.1 Å². The molecular weight excluding hydrogens is 332 g/mol. The first-order chi connectivity index (χ1) is 12.5. The van der Waals surface area contributed by atoms with Crippen molar-refractivity contribution < 1.29 is 19.4 Å². The molecular formula is C20H24N2O4. The Balaban J connectivity index is 1.99. The van der Waals surface area contributed by atoms with Crippen molar-refractivity contribution in [2.75, 3.05) is 5.32 Å². The normalized spacial score (nSPS) is 11.0. The molecule has 2 rings (SSSR count). The van der Waals surface area contributed by atoms with Gasteiger partial charge in [-0.05, 0) is 31.0 Å². The van der Waals surface area contributed by atoms with Gasteiger partial charge < -0.3 is 15.2 Å². The van der Waals surface area contributed by atoms with Crippen LogP contribution in [0.4, 0.5) is 5.69 Å². The molecule has 0 atom stereocenters. The van der Waals surface area contributed by atoms with E-state index in [2.05, 4.69) is 10.3 Å². The molecule has 0 spiro atoms. The lowest BCUT2D eigenvalue weighted by atomic mass is 9.79. The number of rotatable bonds is 9. The molecule has 0 aliphatic heterocycles. The highest BCUT2D eigenvalue weighted by atomic mass is 16.5. The summed E-state index contributed by atoms with van der Waals surface area (Å²) in [5.41, 5.74) is 0.489. The van der Waals surface area contributed by atoms with Crippen LogP contribution in [-0.2, 0) is 16.2 Å². The minimum atomic E-state index is -1.03. The predicted molar refractivity (Wildman–Crippen MR) is 98.9 cm³/mol. The lowest BCUT2D eigenvalue weighted by molar-refractivity contribution is -0.151. The number of pyridine rings is 1. The van der Waals surface area contributed by atoms with Crippen LogP contribution in [0.15, 0.2) is 48.8 Å². The van der Waals surface area contributed by atoms with Crippen molar-refractivity contribution in [2.45, 2.75) is 39.7 Å². The van der Waals surface area contributed by atoms with Gasteiger partial charge in [-0.2, -0.15) is 0 Å². The minimum Gasteiger partial charge on any atom is -0.489 e. The highest BCUT2D eigenvalue weighted by Gasteiger charge is 2.37. The smallest absolute Gasteiger partial charge is 0.310 e. The van der Waals surface area contributed by atoms with Gasteiger partial charge in [0.25, 0.3) is 0 Å². The van der Waals surface area contributed by atoms with Gasteiger partial charge >= 0.3 is 5.97 Å². The Labute approximate surface area is 153 Å². The molecule has 0 unspecified atom stereocenters. The Morgan fingerprint density at radius 2 is 1.96 bits per heavy atom. The number of nitrogens with one attached hydrogen (secondary N) is 1. The predicted octanol–water partition coefficient (Wildman–Crippen LogP) is 3.88. The Hall–Kier alpha value is -2.89. The van der Waals surface area contributed by atoms with E-state index in [1.165, 1.54) is 0 Å². The number of ether oxygens (including phenoxy) is 1. The number of hydrogen-bond acceptors (Lipinski definition) is 4. The van der Waals surface area contributed by atoms with Crippen LogP contribution >= 0.6 is 0 Å². The lowest BCUT2D eigenvalue weighted by Crippen LogP contribution is -2.34. The van der Waals surface area contributed by atoms with Crippen LogP contribution in [0.1, 0.15) is 38.7 Å². The Bertz CT molecular complexity index is 742. The van der Waals surface area contributed by atoms with Gasteiger partial charge in [0.05, 0.1) is 5.41 Å². The van der Waals surface area contributed by atoms with Crippen molar-refractivity contribution in [3.8, 4) is 5.75 Å². The number of carboxylic acid groups (broad SMARTS) is 1. The van der Waals surface area contributed by atoms with Crippen molar-refractivity contribution in [3.63, 3.8) is 0 Å². The molecule has 26 heavy (non-hydrogen) atoms. The third-order valence-corrected chi connectivity index (χ3v) is 4.55. The van der Waals surface area contributed by atoms with E-state index in [9.17, 15) is 14.7 Å². The van der Waals surface area contributed by atoms with Gasteiger partial charge in [-0.1, -0.05) is 26.0 Å². The molecule has 1 aromatic heterocycles. The second kappa shape index (κ2) is 8.99. The number of amides is 1. The Morgan fingerprint density at radius 1 is 1.19 bits per heavy atom. The van der Waals surface area contributed by atoms with Crippen LogP contribution < -0.4 is 10.1 Å². The fourth-order valence-corrected chi connectivity index (χ4v) is 2.70. The second-order valence-corrected chi connectivity index (χ2v) is 6.20. The summed E-state index contributed by atoms with van der Waals surface area (Å²) in [6.07, 6.45) is 4.17. The van der Waals surface area contributed by atoms with Gasteiger partial charge in [0.1, 0.15) is 12.4 Å². The maximum Gasteiger partial charge on any atom is 0.310 e. The number of nitrogens with zero attached hydrogens (tertiary/aromatic N) is 1. The maximum absolute atomic E-state index is 12.3. The summed E-state index contributed by atoms with van der Waals surface area (Å²) in [6, 6.07) is 10.8. The highest BCUT2D eigenvalue weighted by molar-refractivity contribution is 5.94. The largest absolute Gasteiger partial charge is 0.489 e. The van der Waals surface area contributed by atoms with Crippen molar-refractivity contribution >= 4 is 17.6 Å². The molecule has 2 N–H and O–H groups in total. The number of carbonyl (C=O) groups excluding carboxylic acids is 1. The quantitative estimate of drug-likeness (QED) is 0.712. The summed E-state index contributed by atoms with van der Waals surface area (Å²) in [4.78, 5) is 27.9. The number of aromatic nitrogens is 1. The van der Waals surface area contributed by atoms with Crippen LogP contribution in [0.3, 0.4) is 0 Å². The van der Waals surface area contributed by atoms with Gasteiger partial charge in [-0.15, -0.1) is 0 Å². The molecule has 6 heteroatoms. The molecule has 1 heterocycles. The zero-order valence-corrected chi connectivity index (χ0v) is 15.1. The van der Waals surface area contributed by atoms with Gasteiger partial charge in [-0.3, -0.25) is 14.6 Å². The van der Waals surface area contributed by atoms with Gasteiger partial charge in [-0.25, -0.2) is 0 Å². The first-order valence-electron chi connectivity index (χ1n) is 8.64. The third-order valence-electron chi connectivity index (χ3n) is 4.55. The second-order valence-electron chi connectivity index (χ2n) is 6.20. The topological polar surface area (TPSA) is 88.5 Å². The molecule has 0 saturated carbocycles. The SMILES string of the molecule is CCC(CC)(CC(=O)Nc1cccc(OCc2cccnc2)c1)C(=O)O. The average Bonchev–Trinajstić information content (AvgIpc) is 2.65. The van der Waals surface area contributed by atoms with E-state index in [0.29, 0.717) is 30.9 Å². The van der Waals surface area contributed by atoms with Gasteiger partial charge in [0.15, 0.2) is 0 Å². The number of aliphatic carboxylic acids is 1.